The fraction of sp³-hybridized carbons (Fsp3) is 0.125. The van der Waals surface area contributed by atoms with Gasteiger partial charge in [-0.25, -0.2) is 0 Å². The van der Waals surface area contributed by atoms with Crippen molar-refractivity contribution >= 4 is 17.3 Å². The van der Waals surface area contributed by atoms with Crippen LogP contribution in [-0.4, -0.2) is 10.1 Å². The summed E-state index contributed by atoms with van der Waals surface area (Å²) in [5.74, 6) is 1.12. The van der Waals surface area contributed by atoms with Crippen LogP contribution < -0.4 is 5.73 Å². The average molecular weight is 300 g/mol. The quantitative estimate of drug-likeness (QED) is 0.745. The van der Waals surface area contributed by atoms with Gasteiger partial charge in [-0.05, 0) is 36.2 Å². The minimum atomic E-state index is 0.521. The first kappa shape index (κ1) is 13.6. The molecule has 2 aromatic carbocycles. The maximum Gasteiger partial charge on any atom is 0.227 e. The van der Waals surface area contributed by atoms with Gasteiger partial charge in [-0.3, -0.25) is 0 Å². The molecule has 3 aromatic rings. The van der Waals surface area contributed by atoms with Gasteiger partial charge in [0, 0.05) is 17.7 Å². The molecule has 106 valence electrons. The van der Waals surface area contributed by atoms with E-state index in [1.807, 2.05) is 42.5 Å². The Hall–Kier alpha value is -2.33. The molecular formula is C16H14ClN3O. The summed E-state index contributed by atoms with van der Waals surface area (Å²) in [6.07, 6.45) is 1.51. The number of rotatable bonds is 4. The van der Waals surface area contributed by atoms with Gasteiger partial charge in [0.2, 0.25) is 11.7 Å². The Kier molecular flexibility index (Phi) is 3.88. The van der Waals surface area contributed by atoms with Gasteiger partial charge in [-0.15, -0.1) is 0 Å². The number of benzene rings is 2. The van der Waals surface area contributed by atoms with Crippen molar-refractivity contribution in [3.05, 3.63) is 65.0 Å². The van der Waals surface area contributed by atoms with Crippen molar-refractivity contribution in [2.24, 2.45) is 0 Å². The zero-order chi connectivity index (χ0) is 14.7. The lowest BCUT2D eigenvalue weighted by atomic mass is 10.1. The third-order valence-corrected chi connectivity index (χ3v) is 3.52. The molecule has 0 amide bonds. The molecule has 0 fully saturated rings. The molecule has 0 unspecified atom stereocenters. The van der Waals surface area contributed by atoms with E-state index in [1.165, 1.54) is 5.56 Å². The van der Waals surface area contributed by atoms with Gasteiger partial charge in [0.1, 0.15) is 0 Å². The molecule has 0 aliphatic rings. The Labute approximate surface area is 127 Å². The molecule has 1 aromatic heterocycles. The molecule has 3 rings (SSSR count). The van der Waals surface area contributed by atoms with Crippen molar-refractivity contribution in [1.29, 1.82) is 0 Å². The second-order valence-corrected chi connectivity index (χ2v) is 5.14. The summed E-state index contributed by atoms with van der Waals surface area (Å²) in [6.45, 7) is 0. The van der Waals surface area contributed by atoms with Crippen LogP contribution in [0.15, 0.2) is 53.1 Å². The number of anilines is 1. The summed E-state index contributed by atoms with van der Waals surface area (Å²) in [5, 5.41) is 4.60. The van der Waals surface area contributed by atoms with E-state index >= 15 is 0 Å². The summed E-state index contributed by atoms with van der Waals surface area (Å²) >= 11 is 6.12. The average Bonchev–Trinajstić information content (AvgIpc) is 2.96. The van der Waals surface area contributed by atoms with E-state index in [9.17, 15) is 0 Å². The fourth-order valence-corrected chi connectivity index (χ4v) is 2.26. The highest BCUT2D eigenvalue weighted by molar-refractivity contribution is 6.33. The van der Waals surface area contributed by atoms with E-state index in [-0.39, 0.29) is 0 Å². The van der Waals surface area contributed by atoms with Gasteiger partial charge in [0.25, 0.3) is 0 Å². The zero-order valence-electron chi connectivity index (χ0n) is 11.3. The molecule has 0 radical (unpaired) electrons. The lowest BCUT2D eigenvalue weighted by molar-refractivity contribution is 0.379. The van der Waals surface area contributed by atoms with E-state index in [4.69, 9.17) is 21.9 Å². The number of nitrogen functional groups attached to an aromatic ring is 1. The second-order valence-electron chi connectivity index (χ2n) is 4.73. The summed E-state index contributed by atoms with van der Waals surface area (Å²) in [6, 6.07) is 15.2. The molecule has 0 aliphatic carbocycles. The molecule has 4 nitrogen and oxygen atoms in total. The molecule has 1 heterocycles. The van der Waals surface area contributed by atoms with Crippen molar-refractivity contribution in [3.63, 3.8) is 0 Å². The summed E-state index contributed by atoms with van der Waals surface area (Å²) in [7, 11) is 0. The van der Waals surface area contributed by atoms with Gasteiger partial charge < -0.3 is 10.3 Å². The smallest absolute Gasteiger partial charge is 0.227 e. The predicted octanol–water partition coefficient (Wildman–Crippen LogP) is 3.76. The molecule has 0 spiro atoms. The lowest BCUT2D eigenvalue weighted by Crippen LogP contribution is -1.92. The van der Waals surface area contributed by atoms with E-state index in [0.717, 1.165) is 17.7 Å². The second kappa shape index (κ2) is 5.97. The maximum absolute atomic E-state index is 6.12. The van der Waals surface area contributed by atoms with Crippen molar-refractivity contribution in [2.45, 2.75) is 12.8 Å². The zero-order valence-corrected chi connectivity index (χ0v) is 12.0. The van der Waals surface area contributed by atoms with Gasteiger partial charge in [0.05, 0.1) is 5.02 Å². The van der Waals surface area contributed by atoms with Crippen molar-refractivity contribution < 1.29 is 4.52 Å². The van der Waals surface area contributed by atoms with Crippen molar-refractivity contribution in [1.82, 2.24) is 10.1 Å². The first-order valence-corrected chi connectivity index (χ1v) is 7.02. The summed E-state index contributed by atoms with van der Waals surface area (Å²) < 4.78 is 5.28. The lowest BCUT2D eigenvalue weighted by Gasteiger charge is -1.99. The highest BCUT2D eigenvalue weighted by Crippen LogP contribution is 2.25. The van der Waals surface area contributed by atoms with Crippen LogP contribution in [-0.2, 0) is 12.8 Å². The van der Waals surface area contributed by atoms with E-state index in [2.05, 4.69) is 10.1 Å². The summed E-state index contributed by atoms with van der Waals surface area (Å²) in [4.78, 5) is 4.39. The standard InChI is InChI=1S/C16H14ClN3O/c17-14-4-2-1-3-13(14)16-19-15(21-20-16)10-7-11-5-8-12(18)9-6-11/h1-6,8-9H,7,10,18H2. The third-order valence-electron chi connectivity index (χ3n) is 3.19. The van der Waals surface area contributed by atoms with E-state index < -0.39 is 0 Å². The van der Waals surface area contributed by atoms with Gasteiger partial charge in [-0.1, -0.05) is 41.0 Å². The first-order valence-electron chi connectivity index (χ1n) is 6.64. The number of nitrogens with two attached hydrogens (primary N) is 1. The molecule has 0 aliphatic heterocycles. The topological polar surface area (TPSA) is 64.9 Å². The van der Waals surface area contributed by atoms with Crippen LogP contribution in [0, 0.1) is 0 Å². The highest BCUT2D eigenvalue weighted by atomic mass is 35.5. The van der Waals surface area contributed by atoms with Crippen LogP contribution in [0.3, 0.4) is 0 Å². The minimum Gasteiger partial charge on any atom is -0.399 e. The summed E-state index contributed by atoms with van der Waals surface area (Å²) in [5.41, 5.74) is 8.39. The Balaban J connectivity index is 1.71. The van der Waals surface area contributed by atoms with Crippen LogP contribution in [0.1, 0.15) is 11.5 Å². The normalized spacial score (nSPS) is 10.7. The molecule has 0 atom stereocenters. The number of aromatic nitrogens is 2. The van der Waals surface area contributed by atoms with Gasteiger partial charge in [-0.2, -0.15) is 4.98 Å². The Bertz CT molecular complexity index is 737. The molecular weight excluding hydrogens is 286 g/mol. The van der Waals surface area contributed by atoms with Crippen LogP contribution >= 0.6 is 11.6 Å². The Morgan fingerprint density at radius 1 is 1.00 bits per heavy atom. The van der Waals surface area contributed by atoms with Gasteiger partial charge in [0.15, 0.2) is 0 Å². The first-order chi connectivity index (χ1) is 10.2. The highest BCUT2D eigenvalue weighted by Gasteiger charge is 2.11. The van der Waals surface area contributed by atoms with E-state index in [1.54, 1.807) is 6.07 Å². The minimum absolute atomic E-state index is 0.521. The van der Waals surface area contributed by atoms with Gasteiger partial charge >= 0.3 is 0 Å². The molecule has 0 saturated heterocycles. The number of aryl methyl sites for hydroxylation is 2. The molecule has 5 heteroatoms. The maximum atomic E-state index is 6.12. The van der Waals surface area contributed by atoms with Crippen LogP contribution in [0.25, 0.3) is 11.4 Å². The van der Waals surface area contributed by atoms with Crippen LogP contribution in [0.5, 0.6) is 0 Å². The van der Waals surface area contributed by atoms with Crippen LogP contribution in [0.4, 0.5) is 5.69 Å². The van der Waals surface area contributed by atoms with Crippen LogP contribution in [0.2, 0.25) is 5.02 Å². The van der Waals surface area contributed by atoms with E-state index in [0.29, 0.717) is 23.2 Å². The molecule has 2 N–H and O–H groups in total. The number of nitrogens with zero attached hydrogens (tertiary/aromatic N) is 2. The Morgan fingerprint density at radius 3 is 2.52 bits per heavy atom. The number of hydrogen-bond acceptors (Lipinski definition) is 4. The SMILES string of the molecule is Nc1ccc(CCc2nc(-c3ccccc3Cl)no2)cc1. The number of hydrogen-bond donors (Lipinski definition) is 1. The molecule has 21 heavy (non-hydrogen) atoms. The largest absolute Gasteiger partial charge is 0.399 e. The fourth-order valence-electron chi connectivity index (χ4n) is 2.04. The molecule has 0 saturated carbocycles. The molecule has 0 bridgehead atoms. The third kappa shape index (κ3) is 3.23. The predicted molar refractivity (Wildman–Crippen MR) is 83.0 cm³/mol. The van der Waals surface area contributed by atoms with Crippen molar-refractivity contribution in [2.75, 3.05) is 5.73 Å². The Morgan fingerprint density at radius 2 is 1.76 bits per heavy atom. The monoisotopic (exact) mass is 299 g/mol. The van der Waals surface area contributed by atoms with Crippen molar-refractivity contribution in [3.8, 4) is 11.4 Å². The number of halogens is 1.